The Bertz CT molecular complexity index is 189. The van der Waals surface area contributed by atoms with Gasteiger partial charge in [0, 0.05) is 0 Å². The summed E-state index contributed by atoms with van der Waals surface area (Å²) in [6.45, 7) is 6.41. The molecule has 0 atom stereocenters. The molecule has 1 saturated carbocycles. The van der Waals surface area contributed by atoms with Crippen molar-refractivity contribution in [2.24, 2.45) is 5.92 Å². The van der Waals surface area contributed by atoms with Gasteiger partial charge in [0.25, 0.3) is 0 Å². The van der Waals surface area contributed by atoms with Gasteiger partial charge in [-0.25, -0.2) is 4.79 Å². The summed E-state index contributed by atoms with van der Waals surface area (Å²) in [4.78, 5) is 11.2. The highest BCUT2D eigenvalue weighted by atomic mass is 16.6. The highest BCUT2D eigenvalue weighted by molar-refractivity contribution is 5.70. The number of carbonyl (C=O) groups excluding carboxylic acids is 1. The average molecular weight is 200 g/mol. The molecule has 1 aliphatic carbocycles. The molecule has 1 fully saturated rings. The van der Waals surface area contributed by atoms with Crippen molar-refractivity contribution in [1.29, 1.82) is 0 Å². The fourth-order valence-corrected chi connectivity index (χ4v) is 1.19. The van der Waals surface area contributed by atoms with Gasteiger partial charge in [0.15, 0.2) is 0 Å². The number of esters is 1. The maximum Gasteiger partial charge on any atom is 0.332 e. The lowest BCUT2D eigenvalue weighted by atomic mass is 9.86. The van der Waals surface area contributed by atoms with Crippen molar-refractivity contribution in [3.05, 3.63) is 0 Å². The Labute approximate surface area is 85.8 Å². The Morgan fingerprint density at radius 3 is 2.43 bits per heavy atom. The molecule has 0 aromatic heterocycles. The molecule has 0 heterocycles. The van der Waals surface area contributed by atoms with Crippen LogP contribution in [-0.2, 0) is 14.3 Å². The zero-order valence-corrected chi connectivity index (χ0v) is 9.34. The lowest BCUT2D eigenvalue weighted by Crippen LogP contribution is -2.27. The summed E-state index contributed by atoms with van der Waals surface area (Å²) in [7, 11) is 0. The minimum absolute atomic E-state index is 0.0657. The Morgan fingerprint density at radius 1 is 1.36 bits per heavy atom. The van der Waals surface area contributed by atoms with E-state index in [4.69, 9.17) is 9.47 Å². The molecule has 0 bridgehead atoms. The topological polar surface area (TPSA) is 35.5 Å². The first-order chi connectivity index (χ1) is 6.47. The second-order valence-corrected chi connectivity index (χ2v) is 4.88. The molecule has 0 aliphatic heterocycles. The third kappa shape index (κ3) is 4.61. The van der Waals surface area contributed by atoms with E-state index in [0.29, 0.717) is 12.5 Å². The van der Waals surface area contributed by atoms with Crippen LogP contribution in [0.15, 0.2) is 0 Å². The smallest absolute Gasteiger partial charge is 0.332 e. The fourth-order valence-electron chi connectivity index (χ4n) is 1.19. The molecular formula is C11H20O3. The zero-order chi connectivity index (χ0) is 10.6. The normalized spacial score (nSPS) is 17.6. The van der Waals surface area contributed by atoms with Gasteiger partial charge in [-0.1, -0.05) is 6.42 Å². The summed E-state index contributed by atoms with van der Waals surface area (Å²) in [6, 6.07) is 0. The summed E-state index contributed by atoms with van der Waals surface area (Å²) in [5, 5.41) is 0. The van der Waals surface area contributed by atoms with Crippen LogP contribution in [0.25, 0.3) is 0 Å². The minimum Gasteiger partial charge on any atom is -0.464 e. The van der Waals surface area contributed by atoms with E-state index in [0.717, 1.165) is 0 Å². The predicted molar refractivity (Wildman–Crippen MR) is 54.0 cm³/mol. The molecule has 0 aromatic rings. The Kier molecular flexibility index (Phi) is 3.93. The van der Waals surface area contributed by atoms with Crippen LogP contribution in [0.3, 0.4) is 0 Å². The molecule has 0 spiro atoms. The van der Waals surface area contributed by atoms with Gasteiger partial charge < -0.3 is 9.47 Å². The summed E-state index contributed by atoms with van der Waals surface area (Å²) in [6.07, 6.45) is 3.68. The first-order valence-corrected chi connectivity index (χ1v) is 5.27. The quantitative estimate of drug-likeness (QED) is 0.652. The lowest BCUT2D eigenvalue weighted by molar-refractivity contribution is -0.156. The van der Waals surface area contributed by atoms with Crippen LogP contribution < -0.4 is 0 Å². The summed E-state index contributed by atoms with van der Waals surface area (Å²) in [5.74, 6) is 0.361. The first-order valence-electron chi connectivity index (χ1n) is 5.27. The van der Waals surface area contributed by atoms with Crippen LogP contribution in [0.1, 0.15) is 40.0 Å². The standard InChI is InChI=1S/C11H20O3/c1-11(2,3)14-8-10(12)13-7-9-5-4-6-9/h9H,4-8H2,1-3H3. The van der Waals surface area contributed by atoms with Crippen LogP contribution in [0.4, 0.5) is 0 Å². The van der Waals surface area contributed by atoms with Gasteiger partial charge in [-0.2, -0.15) is 0 Å². The minimum atomic E-state index is -0.268. The van der Waals surface area contributed by atoms with E-state index in [-0.39, 0.29) is 18.2 Å². The van der Waals surface area contributed by atoms with Crippen LogP contribution in [-0.4, -0.2) is 24.8 Å². The van der Waals surface area contributed by atoms with Gasteiger partial charge in [-0.15, -0.1) is 0 Å². The van der Waals surface area contributed by atoms with Crippen molar-refractivity contribution in [3.63, 3.8) is 0 Å². The molecule has 0 aromatic carbocycles. The highest BCUT2D eigenvalue weighted by Crippen LogP contribution is 2.26. The van der Waals surface area contributed by atoms with Gasteiger partial charge >= 0.3 is 5.97 Å². The second-order valence-electron chi connectivity index (χ2n) is 4.88. The molecule has 1 rings (SSSR count). The van der Waals surface area contributed by atoms with Crippen molar-refractivity contribution >= 4 is 5.97 Å². The fraction of sp³-hybridized carbons (Fsp3) is 0.909. The maximum atomic E-state index is 11.2. The van der Waals surface area contributed by atoms with Crippen molar-refractivity contribution in [2.75, 3.05) is 13.2 Å². The number of hydrogen-bond donors (Lipinski definition) is 0. The molecule has 0 radical (unpaired) electrons. The van der Waals surface area contributed by atoms with Gasteiger partial charge in [0.2, 0.25) is 0 Å². The largest absolute Gasteiger partial charge is 0.464 e. The van der Waals surface area contributed by atoms with Gasteiger partial charge in [-0.3, -0.25) is 0 Å². The Hall–Kier alpha value is -0.570. The summed E-state index contributed by atoms with van der Waals surface area (Å²) < 4.78 is 10.4. The van der Waals surface area contributed by atoms with E-state index in [9.17, 15) is 4.79 Å². The van der Waals surface area contributed by atoms with Crippen molar-refractivity contribution in [1.82, 2.24) is 0 Å². The van der Waals surface area contributed by atoms with Gasteiger partial charge in [0.1, 0.15) is 6.61 Å². The van der Waals surface area contributed by atoms with Crippen LogP contribution in [0.2, 0.25) is 0 Å². The van der Waals surface area contributed by atoms with Crippen LogP contribution in [0.5, 0.6) is 0 Å². The Balaban J connectivity index is 2.03. The molecule has 1 aliphatic rings. The number of rotatable bonds is 4. The number of ether oxygens (including phenoxy) is 2. The van der Waals surface area contributed by atoms with E-state index in [1.807, 2.05) is 20.8 Å². The van der Waals surface area contributed by atoms with Crippen LogP contribution in [0, 0.1) is 5.92 Å². The van der Waals surface area contributed by atoms with E-state index in [2.05, 4.69) is 0 Å². The van der Waals surface area contributed by atoms with Crippen molar-refractivity contribution < 1.29 is 14.3 Å². The maximum absolute atomic E-state index is 11.2. The molecule has 0 unspecified atom stereocenters. The summed E-state index contributed by atoms with van der Waals surface area (Å²) in [5.41, 5.74) is -0.268. The lowest BCUT2D eigenvalue weighted by Gasteiger charge is -2.25. The Morgan fingerprint density at radius 2 is 2.00 bits per heavy atom. The molecule has 0 amide bonds. The van der Waals surface area contributed by atoms with E-state index >= 15 is 0 Å². The second kappa shape index (κ2) is 4.78. The molecule has 0 N–H and O–H groups in total. The van der Waals surface area contributed by atoms with E-state index in [1.165, 1.54) is 19.3 Å². The molecule has 82 valence electrons. The average Bonchev–Trinajstić information content (AvgIpc) is 1.96. The number of carbonyl (C=O) groups is 1. The third-order valence-corrected chi connectivity index (χ3v) is 2.33. The van der Waals surface area contributed by atoms with Crippen molar-refractivity contribution in [3.8, 4) is 0 Å². The van der Waals surface area contributed by atoms with Gasteiger partial charge in [-0.05, 0) is 39.5 Å². The first kappa shape index (κ1) is 11.5. The van der Waals surface area contributed by atoms with Gasteiger partial charge in [0.05, 0.1) is 12.2 Å². The zero-order valence-electron chi connectivity index (χ0n) is 9.34. The highest BCUT2D eigenvalue weighted by Gasteiger charge is 2.20. The van der Waals surface area contributed by atoms with E-state index < -0.39 is 0 Å². The van der Waals surface area contributed by atoms with Crippen molar-refractivity contribution in [2.45, 2.75) is 45.6 Å². The molecular weight excluding hydrogens is 180 g/mol. The van der Waals surface area contributed by atoms with Crippen LogP contribution >= 0.6 is 0 Å². The third-order valence-electron chi connectivity index (χ3n) is 2.33. The molecule has 0 saturated heterocycles. The monoisotopic (exact) mass is 200 g/mol. The SMILES string of the molecule is CC(C)(C)OCC(=O)OCC1CCC1. The predicted octanol–water partition coefficient (Wildman–Crippen LogP) is 2.14. The molecule has 14 heavy (non-hydrogen) atoms. The molecule has 3 nitrogen and oxygen atoms in total. The number of hydrogen-bond acceptors (Lipinski definition) is 3. The molecule has 3 heteroatoms. The van der Waals surface area contributed by atoms with E-state index in [1.54, 1.807) is 0 Å². The summed E-state index contributed by atoms with van der Waals surface area (Å²) >= 11 is 0.